The molecule has 94 valence electrons. The lowest BCUT2D eigenvalue weighted by Crippen LogP contribution is -2.04. The monoisotopic (exact) mass is 261 g/mol. The van der Waals surface area contributed by atoms with Gasteiger partial charge in [-0.25, -0.2) is 4.57 Å². The summed E-state index contributed by atoms with van der Waals surface area (Å²) in [6.45, 7) is 2.85. The van der Waals surface area contributed by atoms with Crippen molar-refractivity contribution < 1.29 is 28.8 Å². The van der Waals surface area contributed by atoms with Gasteiger partial charge < -0.3 is 14.9 Å². The van der Waals surface area contributed by atoms with Crippen molar-refractivity contribution in [2.75, 3.05) is 0 Å². The molecular formula is C9H12NO6P. The van der Waals surface area contributed by atoms with E-state index in [1.165, 1.54) is 20.0 Å². The highest BCUT2D eigenvalue weighted by Gasteiger charge is 2.24. The average Bonchev–Trinajstić information content (AvgIpc) is 2.19. The molecule has 0 saturated heterocycles. The molecule has 0 amide bonds. The number of hydrogen-bond donors (Lipinski definition) is 3. The van der Waals surface area contributed by atoms with E-state index >= 15 is 0 Å². The molecule has 8 heteroatoms. The Morgan fingerprint density at radius 1 is 1.53 bits per heavy atom. The van der Waals surface area contributed by atoms with Gasteiger partial charge in [-0.05, 0) is 13.8 Å². The van der Waals surface area contributed by atoms with E-state index in [9.17, 15) is 14.5 Å². The Hall–Kier alpha value is -1.27. The lowest BCUT2D eigenvalue weighted by molar-refractivity contribution is 0.110. The predicted molar refractivity (Wildman–Crippen MR) is 57.6 cm³/mol. The zero-order chi connectivity index (χ0) is 13.2. The van der Waals surface area contributed by atoms with E-state index in [0.717, 1.165) is 0 Å². The number of aryl methyl sites for hydroxylation is 1. The number of phosphoric acid groups is 1. The maximum Gasteiger partial charge on any atom is 0.470 e. The first kappa shape index (κ1) is 13.8. The van der Waals surface area contributed by atoms with E-state index in [1.54, 1.807) is 0 Å². The van der Waals surface area contributed by atoms with Gasteiger partial charge in [-0.3, -0.25) is 14.3 Å². The quantitative estimate of drug-likeness (QED) is 0.548. The topological polar surface area (TPSA) is 117 Å². The molecule has 0 fully saturated rings. The minimum Gasteiger partial charge on any atom is -0.505 e. The summed E-state index contributed by atoms with van der Waals surface area (Å²) in [4.78, 5) is 31.9. The van der Waals surface area contributed by atoms with Crippen molar-refractivity contribution in [2.45, 2.75) is 20.0 Å². The van der Waals surface area contributed by atoms with E-state index in [4.69, 9.17) is 9.79 Å². The second-order valence-corrected chi connectivity index (χ2v) is 4.61. The second-order valence-electron chi connectivity index (χ2n) is 3.42. The molecule has 0 aromatic carbocycles. The maximum absolute atomic E-state index is 10.8. The van der Waals surface area contributed by atoms with Gasteiger partial charge in [0.1, 0.15) is 5.75 Å². The molecule has 0 aliphatic heterocycles. The van der Waals surface area contributed by atoms with Gasteiger partial charge in [-0.15, -0.1) is 0 Å². The van der Waals surface area contributed by atoms with Gasteiger partial charge in [0.25, 0.3) is 0 Å². The molecule has 17 heavy (non-hydrogen) atoms. The first-order chi connectivity index (χ1) is 7.76. The van der Waals surface area contributed by atoms with Crippen LogP contribution in [0.5, 0.6) is 5.75 Å². The number of phosphoric ester groups is 1. The molecule has 0 aliphatic carbocycles. The first-order valence-electron chi connectivity index (χ1n) is 4.64. The Labute approximate surface area is 97.3 Å². The summed E-state index contributed by atoms with van der Waals surface area (Å²) in [5.74, 6) is -0.321. The second kappa shape index (κ2) is 4.93. The van der Waals surface area contributed by atoms with Crippen LogP contribution in [0.1, 0.15) is 34.6 Å². The van der Waals surface area contributed by atoms with E-state index in [2.05, 4.69) is 9.51 Å². The number of aromatic hydroxyl groups is 1. The number of aromatic nitrogens is 1. The summed E-state index contributed by atoms with van der Waals surface area (Å²) in [6.07, 6.45) is 0.563. The van der Waals surface area contributed by atoms with Crippen LogP contribution in [0, 0.1) is 6.92 Å². The molecule has 1 rings (SSSR count). The molecule has 7 nitrogen and oxygen atoms in total. The molecular weight excluding hydrogens is 249 g/mol. The van der Waals surface area contributed by atoms with Gasteiger partial charge in [-0.2, -0.15) is 0 Å². The van der Waals surface area contributed by atoms with Crippen molar-refractivity contribution in [1.82, 2.24) is 4.98 Å². The fraction of sp³-hybridized carbons (Fsp3) is 0.333. The smallest absolute Gasteiger partial charge is 0.470 e. The summed E-state index contributed by atoms with van der Waals surface area (Å²) in [5.41, 5.74) is 0.282. The summed E-state index contributed by atoms with van der Waals surface area (Å²) in [7, 11) is -4.67. The van der Waals surface area contributed by atoms with Gasteiger partial charge >= 0.3 is 7.82 Å². The molecule has 0 radical (unpaired) electrons. The molecule has 0 spiro atoms. The number of aldehydes is 1. The van der Waals surface area contributed by atoms with Crippen LogP contribution in [-0.2, 0) is 9.09 Å². The van der Waals surface area contributed by atoms with Gasteiger partial charge in [0, 0.05) is 11.8 Å². The third kappa shape index (κ3) is 3.34. The Bertz CT molecular complexity index is 483. The van der Waals surface area contributed by atoms with Gasteiger partial charge in [0.2, 0.25) is 0 Å². The van der Waals surface area contributed by atoms with E-state index in [0.29, 0.717) is 6.29 Å². The van der Waals surface area contributed by atoms with Crippen molar-refractivity contribution in [2.24, 2.45) is 0 Å². The lowest BCUT2D eigenvalue weighted by atomic mass is 10.1. The largest absolute Gasteiger partial charge is 0.505 e. The molecule has 0 aliphatic rings. The predicted octanol–water partition coefficient (Wildman–Crippen LogP) is 1.08. The number of hydrogen-bond acceptors (Lipinski definition) is 5. The molecule has 1 aromatic heterocycles. The summed E-state index contributed by atoms with van der Waals surface area (Å²) >= 11 is 0. The summed E-state index contributed by atoms with van der Waals surface area (Å²) in [6, 6.07) is 0. The minimum absolute atomic E-state index is 0.0848. The van der Waals surface area contributed by atoms with Crippen LogP contribution >= 0.6 is 7.82 Å². The zero-order valence-electron chi connectivity index (χ0n) is 9.19. The highest BCUT2D eigenvalue weighted by molar-refractivity contribution is 7.46. The maximum atomic E-state index is 10.8. The Balaban J connectivity index is 3.18. The minimum atomic E-state index is -4.67. The molecule has 3 N–H and O–H groups in total. The van der Waals surface area contributed by atoms with Crippen molar-refractivity contribution in [1.29, 1.82) is 0 Å². The summed E-state index contributed by atoms with van der Waals surface area (Å²) < 4.78 is 15.1. The van der Waals surface area contributed by atoms with Gasteiger partial charge in [0.05, 0.1) is 17.4 Å². The van der Waals surface area contributed by atoms with Crippen LogP contribution in [0.3, 0.4) is 0 Å². The zero-order valence-corrected chi connectivity index (χ0v) is 10.1. The fourth-order valence-corrected chi connectivity index (χ4v) is 1.86. The average molecular weight is 261 g/mol. The molecule has 0 saturated carbocycles. The Morgan fingerprint density at radius 3 is 2.59 bits per heavy atom. The van der Waals surface area contributed by atoms with Crippen LogP contribution in [0.25, 0.3) is 0 Å². The van der Waals surface area contributed by atoms with Crippen molar-refractivity contribution in [3.63, 3.8) is 0 Å². The van der Waals surface area contributed by atoms with Crippen molar-refractivity contribution in [3.8, 4) is 5.75 Å². The Kier molecular flexibility index (Phi) is 4.00. The summed E-state index contributed by atoms with van der Waals surface area (Å²) in [5, 5.41) is 9.58. The van der Waals surface area contributed by atoms with Gasteiger partial charge in [-0.1, -0.05) is 0 Å². The number of carbonyl (C=O) groups is 1. The molecule has 1 heterocycles. The van der Waals surface area contributed by atoms with Crippen LogP contribution in [0.15, 0.2) is 6.20 Å². The SMILES string of the molecule is Cc1ncc(C(C)OP(=O)(O)O)c(C=O)c1O. The van der Waals surface area contributed by atoms with Crippen LogP contribution < -0.4 is 0 Å². The lowest BCUT2D eigenvalue weighted by Gasteiger charge is -2.16. The molecule has 1 aromatic rings. The normalized spacial score (nSPS) is 13.4. The van der Waals surface area contributed by atoms with Crippen LogP contribution in [0.2, 0.25) is 0 Å². The van der Waals surface area contributed by atoms with E-state index in [-0.39, 0.29) is 22.6 Å². The standard InChI is InChI=1S/C9H12NO6P/c1-5-9(12)8(4-11)7(3-10-5)6(2)16-17(13,14)15/h3-4,6,12H,1-2H3,(H2,13,14,15). The number of rotatable bonds is 4. The number of carbonyl (C=O) groups excluding carboxylic acids is 1. The number of pyridine rings is 1. The highest BCUT2D eigenvalue weighted by Crippen LogP contribution is 2.43. The fourth-order valence-electron chi connectivity index (χ4n) is 1.34. The third-order valence-corrected chi connectivity index (χ3v) is 2.75. The highest BCUT2D eigenvalue weighted by atomic mass is 31.2. The molecule has 1 unspecified atom stereocenters. The number of nitrogens with zero attached hydrogens (tertiary/aromatic N) is 1. The Morgan fingerprint density at radius 2 is 2.12 bits per heavy atom. The van der Waals surface area contributed by atoms with Crippen molar-refractivity contribution in [3.05, 3.63) is 23.0 Å². The van der Waals surface area contributed by atoms with Crippen molar-refractivity contribution >= 4 is 14.1 Å². The van der Waals surface area contributed by atoms with E-state index < -0.39 is 13.9 Å². The molecule has 1 atom stereocenters. The van der Waals surface area contributed by atoms with Gasteiger partial charge in [0.15, 0.2) is 6.29 Å². The molecule has 0 bridgehead atoms. The van der Waals surface area contributed by atoms with Crippen LogP contribution in [-0.4, -0.2) is 26.2 Å². The van der Waals surface area contributed by atoms with Crippen LogP contribution in [0.4, 0.5) is 0 Å². The third-order valence-electron chi connectivity index (χ3n) is 2.16. The first-order valence-corrected chi connectivity index (χ1v) is 6.17. The van der Waals surface area contributed by atoms with E-state index in [1.807, 2.05) is 0 Å².